The maximum atomic E-state index is 3.63. The molecule has 1 rings (SSSR count). The average molecular weight is 198 g/mol. The van der Waals surface area contributed by atoms with Gasteiger partial charge in [-0.05, 0) is 18.9 Å². The van der Waals surface area contributed by atoms with Crippen molar-refractivity contribution in [3.8, 4) is 0 Å². The van der Waals surface area contributed by atoms with Crippen molar-refractivity contribution in [1.29, 1.82) is 0 Å². The van der Waals surface area contributed by atoms with E-state index in [1.54, 1.807) is 0 Å². The summed E-state index contributed by atoms with van der Waals surface area (Å²) in [5.74, 6) is 0.819. The Morgan fingerprint density at radius 1 is 1.43 bits per heavy atom. The first-order valence-corrected chi connectivity index (χ1v) is 6.23. The number of piperazine rings is 1. The maximum Gasteiger partial charge on any atom is 0.0221 e. The van der Waals surface area contributed by atoms with Crippen LogP contribution >= 0.6 is 0 Å². The minimum absolute atomic E-state index is 0.727. The third-order valence-corrected chi connectivity index (χ3v) is 3.45. The van der Waals surface area contributed by atoms with E-state index < -0.39 is 0 Å². The van der Waals surface area contributed by atoms with Crippen molar-refractivity contribution in [2.45, 2.75) is 46.1 Å². The number of unbranched alkanes of at least 4 members (excludes halogenated alkanes) is 1. The van der Waals surface area contributed by atoms with E-state index in [0.717, 1.165) is 12.0 Å². The molecule has 0 saturated carbocycles. The molecule has 2 atom stereocenters. The molecule has 0 radical (unpaired) electrons. The van der Waals surface area contributed by atoms with Gasteiger partial charge in [0, 0.05) is 25.7 Å². The lowest BCUT2D eigenvalue weighted by molar-refractivity contribution is 0.167. The molecule has 1 aliphatic rings. The normalized spacial score (nSPS) is 26.4. The molecule has 2 nitrogen and oxygen atoms in total. The van der Waals surface area contributed by atoms with Crippen molar-refractivity contribution in [3.63, 3.8) is 0 Å². The molecule has 1 saturated heterocycles. The molecule has 1 aliphatic heterocycles. The fourth-order valence-corrected chi connectivity index (χ4v) is 2.09. The largest absolute Gasteiger partial charge is 0.311 e. The number of nitrogens with zero attached hydrogens (tertiary/aromatic N) is 1. The van der Waals surface area contributed by atoms with Gasteiger partial charge < -0.3 is 10.2 Å². The first-order chi connectivity index (χ1) is 6.77. The molecule has 0 aliphatic carbocycles. The van der Waals surface area contributed by atoms with Crippen molar-refractivity contribution >= 4 is 0 Å². The first kappa shape index (κ1) is 12.0. The molecule has 0 aromatic heterocycles. The lowest BCUT2D eigenvalue weighted by atomic mass is 9.97. The van der Waals surface area contributed by atoms with E-state index in [1.165, 1.54) is 45.4 Å². The van der Waals surface area contributed by atoms with E-state index >= 15 is 0 Å². The summed E-state index contributed by atoms with van der Waals surface area (Å²) in [5.41, 5.74) is 0. The fourth-order valence-electron chi connectivity index (χ4n) is 2.09. The Hall–Kier alpha value is -0.0800. The fraction of sp³-hybridized carbons (Fsp3) is 1.00. The van der Waals surface area contributed by atoms with Gasteiger partial charge in [-0.25, -0.2) is 0 Å². The molecule has 0 aromatic rings. The predicted molar refractivity (Wildman–Crippen MR) is 62.6 cm³/mol. The molecule has 84 valence electrons. The molecule has 0 aromatic carbocycles. The van der Waals surface area contributed by atoms with Crippen LogP contribution in [0.25, 0.3) is 0 Å². The summed E-state index contributed by atoms with van der Waals surface area (Å²) in [5, 5.41) is 3.63. The van der Waals surface area contributed by atoms with Crippen molar-refractivity contribution in [2.24, 2.45) is 5.92 Å². The summed E-state index contributed by atoms with van der Waals surface area (Å²) >= 11 is 0. The van der Waals surface area contributed by atoms with E-state index in [-0.39, 0.29) is 0 Å². The summed E-state index contributed by atoms with van der Waals surface area (Å²) in [7, 11) is 0. The van der Waals surface area contributed by atoms with Gasteiger partial charge in [0.15, 0.2) is 0 Å². The smallest absolute Gasteiger partial charge is 0.0221 e. The zero-order chi connectivity index (χ0) is 10.4. The van der Waals surface area contributed by atoms with Gasteiger partial charge in [-0.3, -0.25) is 0 Å². The van der Waals surface area contributed by atoms with E-state index in [4.69, 9.17) is 0 Å². The van der Waals surface area contributed by atoms with Gasteiger partial charge in [0.05, 0.1) is 0 Å². The molecule has 1 fully saturated rings. The molecule has 2 unspecified atom stereocenters. The highest BCUT2D eigenvalue weighted by Gasteiger charge is 2.22. The van der Waals surface area contributed by atoms with Gasteiger partial charge >= 0.3 is 0 Å². The molecule has 1 heterocycles. The summed E-state index contributed by atoms with van der Waals surface area (Å²) in [6.45, 7) is 11.9. The Bertz CT molecular complexity index is 147. The second-order valence-corrected chi connectivity index (χ2v) is 4.60. The van der Waals surface area contributed by atoms with Gasteiger partial charge in [-0.15, -0.1) is 0 Å². The number of hydrogen-bond donors (Lipinski definition) is 1. The summed E-state index contributed by atoms with van der Waals surface area (Å²) in [4.78, 5) is 2.62. The van der Waals surface area contributed by atoms with Crippen molar-refractivity contribution in [3.05, 3.63) is 0 Å². The Labute approximate surface area is 89.1 Å². The molecular formula is C12H26N2. The molecule has 2 heteroatoms. The third-order valence-electron chi connectivity index (χ3n) is 3.45. The van der Waals surface area contributed by atoms with Crippen LogP contribution in [0.5, 0.6) is 0 Å². The van der Waals surface area contributed by atoms with Crippen LogP contribution in [-0.4, -0.2) is 37.1 Å². The minimum Gasteiger partial charge on any atom is -0.311 e. The first-order valence-electron chi connectivity index (χ1n) is 6.23. The van der Waals surface area contributed by atoms with Crippen molar-refractivity contribution < 1.29 is 0 Å². The molecular weight excluding hydrogens is 172 g/mol. The summed E-state index contributed by atoms with van der Waals surface area (Å²) < 4.78 is 0. The maximum absolute atomic E-state index is 3.63. The number of rotatable bonds is 5. The highest BCUT2D eigenvalue weighted by molar-refractivity contribution is 4.81. The number of hydrogen-bond acceptors (Lipinski definition) is 2. The second kappa shape index (κ2) is 6.41. The van der Waals surface area contributed by atoms with Crippen LogP contribution in [0.2, 0.25) is 0 Å². The molecule has 0 spiro atoms. The van der Waals surface area contributed by atoms with Crippen LogP contribution in [0.15, 0.2) is 0 Å². The van der Waals surface area contributed by atoms with E-state index in [2.05, 4.69) is 31.0 Å². The van der Waals surface area contributed by atoms with Crippen molar-refractivity contribution in [2.75, 3.05) is 26.2 Å². The van der Waals surface area contributed by atoms with Gasteiger partial charge in [0.2, 0.25) is 0 Å². The van der Waals surface area contributed by atoms with Crippen LogP contribution in [0.1, 0.15) is 40.0 Å². The van der Waals surface area contributed by atoms with Gasteiger partial charge in [0.1, 0.15) is 0 Å². The lowest BCUT2D eigenvalue weighted by Crippen LogP contribution is -2.53. The molecule has 0 bridgehead atoms. The topological polar surface area (TPSA) is 15.3 Å². The molecule has 1 N–H and O–H groups in total. The average Bonchev–Trinajstić information content (AvgIpc) is 2.25. The molecule has 0 amide bonds. The Morgan fingerprint density at radius 2 is 2.21 bits per heavy atom. The Kier molecular flexibility index (Phi) is 5.49. The Balaban J connectivity index is 2.28. The highest BCUT2D eigenvalue weighted by atomic mass is 15.2. The van der Waals surface area contributed by atoms with E-state index in [9.17, 15) is 0 Å². The third kappa shape index (κ3) is 3.58. The monoisotopic (exact) mass is 198 g/mol. The summed E-state index contributed by atoms with van der Waals surface area (Å²) in [6.07, 6.45) is 3.96. The molecule has 14 heavy (non-hydrogen) atoms. The quantitative estimate of drug-likeness (QED) is 0.728. The SMILES string of the molecule is CCCCN1CCNC(C(C)CC)C1. The van der Waals surface area contributed by atoms with Crippen molar-refractivity contribution in [1.82, 2.24) is 10.2 Å². The van der Waals surface area contributed by atoms with Crippen LogP contribution in [0.4, 0.5) is 0 Å². The Morgan fingerprint density at radius 3 is 2.86 bits per heavy atom. The van der Waals surface area contributed by atoms with Gasteiger partial charge in [-0.2, -0.15) is 0 Å². The minimum atomic E-state index is 0.727. The van der Waals surface area contributed by atoms with Crippen LogP contribution in [-0.2, 0) is 0 Å². The predicted octanol–water partition coefficient (Wildman–Crippen LogP) is 2.11. The lowest BCUT2D eigenvalue weighted by Gasteiger charge is -2.36. The zero-order valence-electron chi connectivity index (χ0n) is 10.1. The van der Waals surface area contributed by atoms with Gasteiger partial charge in [0.25, 0.3) is 0 Å². The van der Waals surface area contributed by atoms with Crippen LogP contribution in [0, 0.1) is 5.92 Å². The van der Waals surface area contributed by atoms with Crippen LogP contribution in [0.3, 0.4) is 0 Å². The second-order valence-electron chi connectivity index (χ2n) is 4.60. The standard InChI is InChI=1S/C12H26N2/c1-4-6-8-14-9-7-13-12(10-14)11(3)5-2/h11-13H,4-10H2,1-3H3. The van der Waals surface area contributed by atoms with Gasteiger partial charge in [-0.1, -0.05) is 33.6 Å². The van der Waals surface area contributed by atoms with E-state index in [0.29, 0.717) is 0 Å². The summed E-state index contributed by atoms with van der Waals surface area (Å²) in [6, 6.07) is 0.727. The number of nitrogens with one attached hydrogen (secondary N) is 1. The van der Waals surface area contributed by atoms with Crippen LogP contribution < -0.4 is 5.32 Å². The van der Waals surface area contributed by atoms with E-state index in [1.807, 2.05) is 0 Å². The highest BCUT2D eigenvalue weighted by Crippen LogP contribution is 2.12. The zero-order valence-corrected chi connectivity index (χ0v) is 10.1.